The number of anilines is 1. The summed E-state index contributed by atoms with van der Waals surface area (Å²) in [6.45, 7) is 38.1. The smallest absolute Gasteiger partial charge is 0.178 e. The zero-order valence-corrected chi connectivity index (χ0v) is 42.9. The van der Waals surface area contributed by atoms with E-state index in [1.165, 1.54) is 40.0 Å². The van der Waals surface area contributed by atoms with Crippen LogP contribution in [0.1, 0.15) is 134 Å². The Morgan fingerprint density at radius 1 is 0.881 bits per heavy atom. The fourth-order valence-corrected chi connectivity index (χ4v) is 9.25. The summed E-state index contributed by atoms with van der Waals surface area (Å²) in [5.74, 6) is 6.53. The number of benzene rings is 2. The molecule has 0 bridgehead atoms. The number of hydrazine groups is 1. The molecule has 4 N–H and O–H groups in total. The molecule has 67 heavy (non-hydrogen) atoms. The van der Waals surface area contributed by atoms with Gasteiger partial charge in [0, 0.05) is 55.1 Å². The van der Waals surface area contributed by atoms with E-state index in [0.29, 0.717) is 6.04 Å². The van der Waals surface area contributed by atoms with Crippen LogP contribution in [0.3, 0.4) is 0 Å². The second-order valence-corrected chi connectivity index (χ2v) is 17.9. The summed E-state index contributed by atoms with van der Waals surface area (Å²) in [4.78, 5) is 9.88. The van der Waals surface area contributed by atoms with Gasteiger partial charge in [0.2, 0.25) is 0 Å². The van der Waals surface area contributed by atoms with Crippen molar-refractivity contribution in [3.8, 4) is 0 Å². The Morgan fingerprint density at radius 3 is 2.19 bits per heavy atom. The first-order valence-electron chi connectivity index (χ1n) is 24.8. The van der Waals surface area contributed by atoms with E-state index >= 15 is 0 Å². The number of fused-ring (bicyclic) bond motifs is 1. The predicted octanol–water partition coefficient (Wildman–Crippen LogP) is 12.3. The molecule has 0 spiro atoms. The molecule has 0 radical (unpaired) electrons. The van der Waals surface area contributed by atoms with Crippen molar-refractivity contribution < 1.29 is 0 Å². The molecule has 2 aromatic carbocycles. The molecule has 2 saturated heterocycles. The minimum absolute atomic E-state index is 0.298. The van der Waals surface area contributed by atoms with Crippen LogP contribution in [-0.4, -0.2) is 62.4 Å². The molecule has 2 unspecified atom stereocenters. The minimum Gasteiger partial charge on any atom is -0.385 e. The van der Waals surface area contributed by atoms with E-state index in [1.54, 1.807) is 0 Å². The van der Waals surface area contributed by atoms with Gasteiger partial charge in [0.25, 0.3) is 0 Å². The standard InChI is InChI=1S/C30H39N7.C25H35N3.C2H6/c1-6-12-25(18-23(7-2)8-3)29-22(5)33-30-28(17-21(4)35-37(29)30)36-16-15-26(20-36)32-19-27(34-31)24-13-10-9-11-14-24;1-8-21-10-11-23(15-22(21)9-2)25(17(3)4)28-20(7)24(14-19(6)26-28)27-13-12-18(5)16-27;1-2/h6,9-14,17-19,26,32,34H,1,7-8,15-16,20,31H2,2-5H3;10-11,14-15,18H,7-9,12-13,16H2,1-6H3;1-2H3/b25-12+,27-19-;;. The summed E-state index contributed by atoms with van der Waals surface area (Å²) in [6.07, 6.45) is 16.7. The molecule has 3 aliphatic heterocycles. The number of allylic oxidation sites excluding steroid dienone is 7. The first kappa shape index (κ1) is 51.8. The highest BCUT2D eigenvalue weighted by Crippen LogP contribution is 2.36. The lowest BCUT2D eigenvalue weighted by Gasteiger charge is -2.34. The molecule has 4 aromatic rings. The fraction of sp³-hybridized carbons (Fsp3) is 0.421. The number of nitrogens with one attached hydrogen (secondary N) is 2. The van der Waals surface area contributed by atoms with E-state index in [-0.39, 0.29) is 0 Å². The third-order valence-corrected chi connectivity index (χ3v) is 12.8. The lowest BCUT2D eigenvalue weighted by Crippen LogP contribution is -2.31. The highest BCUT2D eigenvalue weighted by Gasteiger charge is 2.30. The average Bonchev–Trinajstić information content (AvgIpc) is 4.08. The van der Waals surface area contributed by atoms with Crippen molar-refractivity contribution in [1.29, 1.82) is 0 Å². The molecule has 3 aliphatic rings. The van der Waals surface area contributed by atoms with Gasteiger partial charge in [-0.05, 0) is 108 Å². The summed E-state index contributed by atoms with van der Waals surface area (Å²) in [7, 11) is 0. The lowest BCUT2D eigenvalue weighted by atomic mass is 9.97. The number of imidazole rings is 1. The van der Waals surface area contributed by atoms with Crippen LogP contribution in [0.2, 0.25) is 0 Å². The summed E-state index contributed by atoms with van der Waals surface area (Å²) in [6, 6.07) is 19.4. The second-order valence-electron chi connectivity index (χ2n) is 17.9. The van der Waals surface area contributed by atoms with Crippen LogP contribution < -0.4 is 21.5 Å². The van der Waals surface area contributed by atoms with Crippen molar-refractivity contribution in [3.63, 3.8) is 0 Å². The fourth-order valence-electron chi connectivity index (χ4n) is 9.25. The predicted molar refractivity (Wildman–Crippen MR) is 287 cm³/mol. The van der Waals surface area contributed by atoms with Crippen LogP contribution in [0.15, 0.2) is 126 Å². The number of rotatable bonds is 15. The third-order valence-electron chi connectivity index (χ3n) is 12.8. The Morgan fingerprint density at radius 2 is 1.58 bits per heavy atom. The second kappa shape index (κ2) is 24.6. The molecule has 2 atom stereocenters. The zero-order chi connectivity index (χ0) is 48.8. The van der Waals surface area contributed by atoms with Crippen molar-refractivity contribution in [2.45, 2.75) is 128 Å². The number of hydrogen-bond donors (Lipinski definition) is 3. The Balaban J connectivity index is 0.000000251. The maximum Gasteiger partial charge on any atom is 0.178 e. The molecule has 7 rings (SSSR count). The first-order valence-corrected chi connectivity index (χ1v) is 24.8. The molecule has 10 heteroatoms. The number of nitrogens with zero attached hydrogens (tertiary/aromatic N) is 7. The molecule has 358 valence electrons. The first-order chi connectivity index (χ1) is 32.3. The molecule has 0 saturated carbocycles. The van der Waals surface area contributed by atoms with Crippen molar-refractivity contribution >= 4 is 34.0 Å². The van der Waals surface area contributed by atoms with E-state index in [9.17, 15) is 0 Å². The van der Waals surface area contributed by atoms with Crippen LogP contribution in [0.5, 0.6) is 0 Å². The van der Waals surface area contributed by atoms with Gasteiger partial charge in [0.15, 0.2) is 5.65 Å². The van der Waals surface area contributed by atoms with Gasteiger partial charge in [-0.25, -0.2) is 14.5 Å². The van der Waals surface area contributed by atoms with Gasteiger partial charge >= 0.3 is 0 Å². The highest BCUT2D eigenvalue weighted by molar-refractivity contribution is 5.95. The maximum atomic E-state index is 5.80. The number of aryl methyl sites for hydroxylation is 4. The monoisotopic (exact) mass is 905 g/mol. The SMILES string of the molecule is C=C/C=C(\C=C(CC)CC)c1c(C)nc2c(N3CCC(N/C=C(\NN)c4ccccc4)C3)cc(C)nn12.C=C1C(N2CCC(C)C2)=CC(C)=NN1C(=C(C)C)c1ccc(CC)c(CC)c1.CC. The number of hydrazone groups is 1. The van der Waals surface area contributed by atoms with Gasteiger partial charge in [0.1, 0.15) is 0 Å². The highest BCUT2D eigenvalue weighted by atomic mass is 15.5. The molecular weight excluding hydrogens is 825 g/mol. The molecule has 10 nitrogen and oxygen atoms in total. The molecule has 2 aromatic heterocycles. The van der Waals surface area contributed by atoms with Gasteiger partial charge in [0.05, 0.1) is 51.3 Å². The Bertz CT molecular complexity index is 2520. The van der Waals surface area contributed by atoms with E-state index in [0.717, 1.165) is 127 Å². The summed E-state index contributed by atoms with van der Waals surface area (Å²) in [5, 5.41) is 15.4. The van der Waals surface area contributed by atoms with Crippen LogP contribution in [0.4, 0.5) is 5.69 Å². The molecule has 0 amide bonds. The minimum atomic E-state index is 0.298. The average molecular weight is 905 g/mol. The van der Waals surface area contributed by atoms with E-state index < -0.39 is 0 Å². The van der Waals surface area contributed by atoms with Gasteiger partial charge < -0.3 is 20.5 Å². The number of hydrogen-bond acceptors (Lipinski definition) is 9. The molecule has 0 aliphatic carbocycles. The van der Waals surface area contributed by atoms with Crippen molar-refractivity contribution in [2.24, 2.45) is 16.9 Å². The Hall–Kier alpha value is -6.13. The zero-order valence-electron chi connectivity index (χ0n) is 42.9. The van der Waals surface area contributed by atoms with E-state index in [2.05, 4.69) is 144 Å². The van der Waals surface area contributed by atoms with E-state index in [1.807, 2.05) is 67.9 Å². The molecular formula is C57H80N10. The van der Waals surface area contributed by atoms with Crippen molar-refractivity contribution in [2.75, 3.05) is 31.1 Å². The van der Waals surface area contributed by atoms with Crippen molar-refractivity contribution in [3.05, 3.63) is 160 Å². The topological polar surface area (TPSA) is 102 Å². The van der Waals surface area contributed by atoms with Crippen LogP contribution in [0, 0.1) is 19.8 Å². The molecule has 5 heterocycles. The largest absolute Gasteiger partial charge is 0.385 e. The number of nitrogens with two attached hydrogens (primary N) is 1. The van der Waals surface area contributed by atoms with E-state index in [4.69, 9.17) is 21.0 Å². The summed E-state index contributed by atoms with van der Waals surface area (Å²) in [5.41, 5.74) is 21.9. The van der Waals surface area contributed by atoms with Gasteiger partial charge in [-0.2, -0.15) is 10.2 Å². The normalized spacial score (nSPS) is 17.3. The Kier molecular flexibility index (Phi) is 19.0. The van der Waals surface area contributed by atoms with Gasteiger partial charge in [-0.3, -0.25) is 5.84 Å². The van der Waals surface area contributed by atoms with Crippen LogP contribution >= 0.6 is 0 Å². The number of aromatic nitrogens is 3. The quantitative estimate of drug-likeness (QED) is 0.0616. The van der Waals surface area contributed by atoms with Gasteiger partial charge in [-0.15, -0.1) is 0 Å². The Labute approximate surface area is 403 Å². The molecule has 2 fully saturated rings. The number of likely N-dealkylation sites (tertiary alicyclic amines) is 1. The maximum absolute atomic E-state index is 5.80. The van der Waals surface area contributed by atoms with Crippen LogP contribution in [-0.2, 0) is 12.8 Å². The lowest BCUT2D eigenvalue weighted by molar-refractivity contribution is 0.383. The third kappa shape index (κ3) is 12.5. The van der Waals surface area contributed by atoms with Gasteiger partial charge in [-0.1, -0.05) is 133 Å². The van der Waals surface area contributed by atoms with Crippen LogP contribution in [0.25, 0.3) is 22.6 Å². The summed E-state index contributed by atoms with van der Waals surface area (Å²) >= 11 is 0. The van der Waals surface area contributed by atoms with Crippen molar-refractivity contribution in [1.82, 2.24) is 35.2 Å². The summed E-state index contributed by atoms with van der Waals surface area (Å²) < 4.78 is 2.02.